The van der Waals surface area contributed by atoms with Crippen LogP contribution in [0.3, 0.4) is 0 Å². The van der Waals surface area contributed by atoms with Crippen molar-refractivity contribution in [2.45, 2.75) is 0 Å². The molecule has 0 saturated carbocycles. The zero-order valence-corrected chi connectivity index (χ0v) is 13.0. The molecule has 4 heteroatoms. The Kier molecular flexibility index (Phi) is 3.48. The summed E-state index contributed by atoms with van der Waals surface area (Å²) in [5.41, 5.74) is 0.661. The van der Waals surface area contributed by atoms with Gasteiger partial charge in [0.05, 0.1) is 0 Å². The molecule has 3 nitrogen and oxygen atoms in total. The van der Waals surface area contributed by atoms with Gasteiger partial charge in [-0.3, -0.25) is 0 Å². The van der Waals surface area contributed by atoms with Crippen molar-refractivity contribution in [3.05, 3.63) is 72.1 Å². The molecule has 102 valence electrons. The molecule has 0 spiro atoms. The summed E-state index contributed by atoms with van der Waals surface area (Å²) in [6, 6.07) is 17.3. The van der Waals surface area contributed by atoms with Gasteiger partial charge in [0.1, 0.15) is 0 Å². The van der Waals surface area contributed by atoms with Gasteiger partial charge in [0, 0.05) is 0 Å². The van der Waals surface area contributed by atoms with Crippen LogP contribution >= 0.6 is 0 Å². The van der Waals surface area contributed by atoms with Crippen LogP contribution in [-0.4, -0.2) is 9.67 Å². The van der Waals surface area contributed by atoms with Crippen LogP contribution in [0, 0.1) is 7.14 Å². The summed E-state index contributed by atoms with van der Waals surface area (Å²) in [4.78, 5) is 12.4. The van der Waals surface area contributed by atoms with Crippen LogP contribution in [0.4, 0.5) is 0 Å². The van der Waals surface area contributed by atoms with E-state index < -0.39 is 21.2 Å². The molecule has 0 bridgehead atoms. The van der Waals surface area contributed by atoms with Gasteiger partial charge >= 0.3 is 127 Å². The molecular formula is C16H13INO2-. The molecule has 0 amide bonds. The molecule has 20 heavy (non-hydrogen) atoms. The van der Waals surface area contributed by atoms with Gasteiger partial charge in [-0.25, -0.2) is 0 Å². The first-order valence-corrected chi connectivity index (χ1v) is 8.35. The van der Waals surface area contributed by atoms with E-state index in [0.29, 0.717) is 3.57 Å². The van der Waals surface area contributed by atoms with Crippen LogP contribution in [0.2, 0.25) is 0 Å². The average Bonchev–Trinajstić information content (AvgIpc) is 2.50. The Morgan fingerprint density at radius 1 is 1.00 bits per heavy atom. The van der Waals surface area contributed by atoms with E-state index in [-0.39, 0.29) is 11.3 Å². The Balaban J connectivity index is 2.23. The number of halogens is 1. The second-order valence-electron chi connectivity index (χ2n) is 4.43. The van der Waals surface area contributed by atoms with E-state index in [4.69, 9.17) is 0 Å². The van der Waals surface area contributed by atoms with Gasteiger partial charge < -0.3 is 0 Å². The topological polar surface area (TPSA) is 42.2 Å². The second kappa shape index (κ2) is 5.28. The molecule has 2 aromatic carbocycles. The molecule has 3 rings (SSSR count). The molecule has 3 aromatic rings. The van der Waals surface area contributed by atoms with Gasteiger partial charge in [0.25, 0.3) is 0 Å². The second-order valence-corrected chi connectivity index (χ2v) is 7.30. The van der Waals surface area contributed by atoms with Crippen LogP contribution in [0.25, 0.3) is 10.9 Å². The molecule has 1 aromatic heterocycles. The molecule has 0 aliphatic heterocycles. The van der Waals surface area contributed by atoms with E-state index in [2.05, 4.69) is 0 Å². The molecule has 0 saturated heterocycles. The zero-order chi connectivity index (χ0) is 14.1. The summed E-state index contributed by atoms with van der Waals surface area (Å²) >= 11 is -0.690. The minimum absolute atomic E-state index is 0.0992. The van der Waals surface area contributed by atoms with Crippen molar-refractivity contribution < 1.29 is 26.3 Å². The molecule has 0 aliphatic rings. The average molecular weight is 378 g/mol. The Morgan fingerprint density at radius 2 is 1.65 bits per heavy atom. The van der Waals surface area contributed by atoms with Crippen molar-refractivity contribution in [1.82, 2.24) is 4.57 Å². The van der Waals surface area contributed by atoms with Crippen LogP contribution < -0.4 is 26.8 Å². The van der Waals surface area contributed by atoms with Crippen molar-refractivity contribution in [1.29, 1.82) is 0 Å². The first-order valence-electron chi connectivity index (χ1n) is 6.19. The van der Waals surface area contributed by atoms with Crippen molar-refractivity contribution in [3.8, 4) is 5.75 Å². The molecule has 0 radical (unpaired) electrons. The summed E-state index contributed by atoms with van der Waals surface area (Å²) < 4.78 is 3.29. The van der Waals surface area contributed by atoms with Gasteiger partial charge in [-0.2, -0.15) is 0 Å². The number of pyridine rings is 1. The van der Waals surface area contributed by atoms with E-state index in [1.54, 1.807) is 11.6 Å². The molecule has 0 atom stereocenters. The Hall–Kier alpha value is -1.82. The fourth-order valence-corrected chi connectivity index (χ4v) is 4.65. The van der Waals surface area contributed by atoms with Gasteiger partial charge in [0.15, 0.2) is 0 Å². The summed E-state index contributed by atoms with van der Waals surface area (Å²) in [5, 5.41) is 11.2. The number of hydrogen-bond acceptors (Lipinski definition) is 2. The minimum atomic E-state index is -0.690. The number of hydrogen-bond donors (Lipinski definition) is 1. The monoisotopic (exact) mass is 378 g/mol. The standard InChI is InChI=1S/C16H13INO2/c1-18-13-10-6-5-9-12(13)15(19)14(16(18)20)17-11-7-3-2-4-8-11/h2-10,19H,1H3/q-1. The van der Waals surface area contributed by atoms with E-state index in [1.165, 1.54) is 0 Å². The number of benzene rings is 2. The van der Waals surface area contributed by atoms with Crippen molar-refractivity contribution >= 4 is 10.9 Å². The quantitative estimate of drug-likeness (QED) is 0.604. The third-order valence-electron chi connectivity index (χ3n) is 3.16. The van der Waals surface area contributed by atoms with Crippen LogP contribution in [0.1, 0.15) is 0 Å². The van der Waals surface area contributed by atoms with Gasteiger partial charge in [-0.15, -0.1) is 0 Å². The van der Waals surface area contributed by atoms with E-state index in [9.17, 15) is 9.90 Å². The third kappa shape index (κ3) is 2.20. The van der Waals surface area contributed by atoms with E-state index in [0.717, 1.165) is 14.5 Å². The fraction of sp³-hybridized carbons (Fsp3) is 0.0625. The predicted molar refractivity (Wildman–Crippen MR) is 74.7 cm³/mol. The normalized spacial score (nSPS) is 11.1. The maximum absolute atomic E-state index is 12.4. The molecular weight excluding hydrogens is 365 g/mol. The molecule has 0 fully saturated rings. The summed E-state index contributed by atoms with van der Waals surface area (Å²) in [5.74, 6) is 0.139. The van der Waals surface area contributed by atoms with Crippen LogP contribution in [0.5, 0.6) is 5.75 Å². The Labute approximate surface area is 126 Å². The summed E-state index contributed by atoms with van der Waals surface area (Å²) in [6.45, 7) is 0. The Morgan fingerprint density at radius 3 is 2.40 bits per heavy atom. The van der Waals surface area contributed by atoms with Gasteiger partial charge in [-0.1, -0.05) is 0 Å². The predicted octanol–water partition coefficient (Wildman–Crippen LogP) is -0.627. The van der Waals surface area contributed by atoms with Crippen LogP contribution in [0.15, 0.2) is 59.4 Å². The molecule has 0 unspecified atom stereocenters. The number of nitrogens with zero attached hydrogens (tertiary/aromatic N) is 1. The molecule has 1 heterocycles. The number of aryl methyl sites for hydroxylation is 1. The van der Waals surface area contributed by atoms with Crippen molar-refractivity contribution in [2.75, 3.05) is 0 Å². The fourth-order valence-electron chi connectivity index (χ4n) is 2.11. The number of aromatic hydroxyl groups is 1. The first kappa shape index (κ1) is 13.2. The third-order valence-corrected chi connectivity index (χ3v) is 6.01. The van der Waals surface area contributed by atoms with Gasteiger partial charge in [-0.05, 0) is 0 Å². The van der Waals surface area contributed by atoms with E-state index >= 15 is 0 Å². The van der Waals surface area contributed by atoms with E-state index in [1.807, 2.05) is 54.6 Å². The van der Waals surface area contributed by atoms with Gasteiger partial charge in [0.2, 0.25) is 0 Å². The SMILES string of the molecule is Cn1c(=O)c([I-]c2ccccc2)c(O)c2ccccc21. The van der Waals surface area contributed by atoms with Crippen LogP contribution in [-0.2, 0) is 7.05 Å². The zero-order valence-electron chi connectivity index (χ0n) is 10.9. The maximum atomic E-state index is 12.4. The number of aromatic nitrogens is 1. The van der Waals surface area contributed by atoms with Crippen molar-refractivity contribution in [2.24, 2.45) is 7.05 Å². The molecule has 1 N–H and O–H groups in total. The Bertz CT molecular complexity index is 825. The number of fused-ring (bicyclic) bond motifs is 1. The summed E-state index contributed by atoms with van der Waals surface area (Å²) in [6.07, 6.45) is 0. The van der Waals surface area contributed by atoms with Crippen molar-refractivity contribution in [3.63, 3.8) is 0 Å². The first-order chi connectivity index (χ1) is 9.68. The number of para-hydroxylation sites is 1. The molecule has 0 aliphatic carbocycles. The summed E-state index contributed by atoms with van der Waals surface area (Å²) in [7, 11) is 1.75. The number of rotatable bonds is 2.